The Bertz CT molecular complexity index is 609. The van der Waals surface area contributed by atoms with Gasteiger partial charge in [-0.05, 0) is 19.9 Å². The molecular weight excluding hydrogens is 242 g/mol. The Balaban J connectivity index is 2.28. The molecule has 0 aromatic carbocycles. The molecule has 0 fully saturated rings. The van der Waals surface area contributed by atoms with Gasteiger partial charge in [-0.2, -0.15) is 9.49 Å². The molecule has 7 heteroatoms. The summed E-state index contributed by atoms with van der Waals surface area (Å²) < 4.78 is 26.2. The molecule has 0 aliphatic carbocycles. The molecule has 0 aliphatic heterocycles. The van der Waals surface area contributed by atoms with Crippen LogP contribution < -0.4 is 5.32 Å². The van der Waals surface area contributed by atoms with E-state index in [0.717, 1.165) is 23.5 Å². The standard InChI is InChI=1S/C11H10F2N4O/c1-5-6(2)16-17-10(5)15-11(18)7-3-4-14-9(13)8(7)12/h3-4H,1-2H3,(H2,15,16,17,18). The number of aryl methyl sites for hydroxylation is 1. The van der Waals surface area contributed by atoms with Crippen LogP contribution in [0.3, 0.4) is 0 Å². The van der Waals surface area contributed by atoms with Crippen molar-refractivity contribution in [2.75, 3.05) is 5.32 Å². The van der Waals surface area contributed by atoms with Gasteiger partial charge in [-0.25, -0.2) is 9.37 Å². The Hall–Kier alpha value is -2.31. The number of carbonyl (C=O) groups excluding carboxylic acids is 1. The molecule has 18 heavy (non-hydrogen) atoms. The normalized spacial score (nSPS) is 10.4. The van der Waals surface area contributed by atoms with Crippen LogP contribution in [0, 0.1) is 25.6 Å². The number of nitrogens with one attached hydrogen (secondary N) is 2. The predicted molar refractivity (Wildman–Crippen MR) is 60.2 cm³/mol. The van der Waals surface area contributed by atoms with Crippen molar-refractivity contribution in [1.82, 2.24) is 15.2 Å². The third kappa shape index (κ3) is 2.06. The van der Waals surface area contributed by atoms with Gasteiger partial charge in [0.2, 0.25) is 5.95 Å². The lowest BCUT2D eigenvalue weighted by Gasteiger charge is -2.04. The zero-order valence-corrected chi connectivity index (χ0v) is 9.71. The number of rotatable bonds is 2. The molecule has 94 valence electrons. The highest BCUT2D eigenvalue weighted by atomic mass is 19.2. The average Bonchev–Trinajstić information content (AvgIpc) is 2.64. The zero-order chi connectivity index (χ0) is 13.3. The van der Waals surface area contributed by atoms with Crippen molar-refractivity contribution >= 4 is 11.7 Å². The zero-order valence-electron chi connectivity index (χ0n) is 9.71. The lowest BCUT2D eigenvalue weighted by Crippen LogP contribution is -2.16. The number of anilines is 1. The molecule has 0 radical (unpaired) electrons. The third-order valence-corrected chi connectivity index (χ3v) is 2.58. The number of carbonyl (C=O) groups is 1. The second kappa shape index (κ2) is 4.52. The quantitative estimate of drug-likeness (QED) is 0.802. The number of hydrogen-bond donors (Lipinski definition) is 2. The van der Waals surface area contributed by atoms with Gasteiger partial charge in [0, 0.05) is 17.5 Å². The highest BCUT2D eigenvalue weighted by molar-refractivity contribution is 6.04. The van der Waals surface area contributed by atoms with E-state index < -0.39 is 23.2 Å². The van der Waals surface area contributed by atoms with E-state index in [4.69, 9.17) is 0 Å². The minimum absolute atomic E-state index is 0.286. The van der Waals surface area contributed by atoms with E-state index in [9.17, 15) is 13.6 Å². The van der Waals surface area contributed by atoms with Crippen LogP contribution in [0.2, 0.25) is 0 Å². The van der Waals surface area contributed by atoms with Crippen molar-refractivity contribution in [3.63, 3.8) is 0 Å². The van der Waals surface area contributed by atoms with Crippen molar-refractivity contribution in [3.8, 4) is 0 Å². The van der Waals surface area contributed by atoms with Gasteiger partial charge in [0.05, 0.1) is 5.56 Å². The molecule has 0 atom stereocenters. The number of nitrogens with zero attached hydrogens (tertiary/aromatic N) is 2. The smallest absolute Gasteiger partial charge is 0.260 e. The fourth-order valence-electron chi connectivity index (χ4n) is 1.38. The molecular formula is C11H10F2N4O. The second-order valence-electron chi connectivity index (χ2n) is 3.74. The van der Waals surface area contributed by atoms with E-state index in [-0.39, 0.29) is 5.82 Å². The van der Waals surface area contributed by atoms with Crippen molar-refractivity contribution in [1.29, 1.82) is 0 Å². The maximum atomic E-state index is 13.3. The van der Waals surface area contributed by atoms with Gasteiger partial charge in [-0.15, -0.1) is 0 Å². The molecule has 0 unspecified atom stereocenters. The first-order chi connectivity index (χ1) is 8.50. The molecule has 1 amide bonds. The van der Waals surface area contributed by atoms with Crippen LogP contribution in [0.15, 0.2) is 12.3 Å². The number of amides is 1. The van der Waals surface area contributed by atoms with Crippen molar-refractivity contribution < 1.29 is 13.6 Å². The van der Waals surface area contributed by atoms with E-state index >= 15 is 0 Å². The summed E-state index contributed by atoms with van der Waals surface area (Å²) in [4.78, 5) is 14.9. The Morgan fingerprint density at radius 1 is 1.39 bits per heavy atom. The summed E-state index contributed by atoms with van der Waals surface area (Å²) in [5, 5.41) is 8.92. The maximum Gasteiger partial charge on any atom is 0.260 e. The van der Waals surface area contributed by atoms with Crippen LogP contribution in [-0.4, -0.2) is 21.1 Å². The Morgan fingerprint density at radius 3 is 2.72 bits per heavy atom. The monoisotopic (exact) mass is 252 g/mol. The van der Waals surface area contributed by atoms with Gasteiger partial charge < -0.3 is 5.32 Å². The molecule has 2 N–H and O–H groups in total. The Morgan fingerprint density at radius 2 is 2.11 bits per heavy atom. The first-order valence-corrected chi connectivity index (χ1v) is 5.13. The molecule has 0 bridgehead atoms. The fourth-order valence-corrected chi connectivity index (χ4v) is 1.38. The summed E-state index contributed by atoms with van der Waals surface area (Å²) >= 11 is 0. The van der Waals surface area contributed by atoms with Gasteiger partial charge in [-0.3, -0.25) is 9.89 Å². The van der Waals surface area contributed by atoms with Crippen molar-refractivity contribution in [2.45, 2.75) is 13.8 Å². The molecule has 2 rings (SSSR count). The number of pyridine rings is 1. The topological polar surface area (TPSA) is 70.7 Å². The van der Waals surface area contributed by atoms with E-state index in [1.165, 1.54) is 0 Å². The van der Waals surface area contributed by atoms with Gasteiger partial charge >= 0.3 is 0 Å². The van der Waals surface area contributed by atoms with Gasteiger partial charge in [0.15, 0.2) is 11.6 Å². The van der Waals surface area contributed by atoms with Crippen LogP contribution in [0.4, 0.5) is 14.6 Å². The summed E-state index contributed by atoms with van der Waals surface area (Å²) in [6.07, 6.45) is 1.02. The minimum Gasteiger partial charge on any atom is -0.305 e. The average molecular weight is 252 g/mol. The van der Waals surface area contributed by atoms with Gasteiger partial charge in [-0.1, -0.05) is 0 Å². The molecule has 2 aromatic rings. The highest BCUT2D eigenvalue weighted by Gasteiger charge is 2.18. The molecule has 0 saturated carbocycles. The SMILES string of the molecule is Cc1[nH]nc(NC(=O)c2ccnc(F)c2F)c1C. The van der Waals surface area contributed by atoms with Crippen LogP contribution in [0.5, 0.6) is 0 Å². The largest absolute Gasteiger partial charge is 0.305 e. The minimum atomic E-state index is -1.31. The molecule has 0 saturated heterocycles. The van der Waals surface area contributed by atoms with E-state index in [1.54, 1.807) is 13.8 Å². The summed E-state index contributed by atoms with van der Waals surface area (Å²) in [7, 11) is 0. The summed E-state index contributed by atoms with van der Waals surface area (Å²) in [6.45, 7) is 3.53. The number of aromatic amines is 1. The predicted octanol–water partition coefficient (Wildman–Crippen LogP) is 1.95. The highest BCUT2D eigenvalue weighted by Crippen LogP contribution is 2.16. The molecule has 2 aromatic heterocycles. The lowest BCUT2D eigenvalue weighted by molar-refractivity contribution is 0.102. The Kier molecular flexibility index (Phi) is 3.05. The van der Waals surface area contributed by atoms with Crippen LogP contribution in [0.25, 0.3) is 0 Å². The van der Waals surface area contributed by atoms with E-state index in [0.29, 0.717) is 0 Å². The lowest BCUT2D eigenvalue weighted by atomic mass is 10.2. The van der Waals surface area contributed by atoms with Crippen molar-refractivity contribution in [3.05, 3.63) is 40.8 Å². The number of halogens is 2. The van der Waals surface area contributed by atoms with E-state index in [1.807, 2.05) is 0 Å². The first-order valence-electron chi connectivity index (χ1n) is 5.13. The summed E-state index contributed by atoms with van der Waals surface area (Å²) in [6, 6.07) is 1.10. The van der Waals surface area contributed by atoms with Crippen molar-refractivity contribution in [2.24, 2.45) is 0 Å². The molecule has 0 aliphatic rings. The van der Waals surface area contributed by atoms with Crippen LogP contribution in [-0.2, 0) is 0 Å². The van der Waals surface area contributed by atoms with Crippen LogP contribution in [0.1, 0.15) is 21.6 Å². The summed E-state index contributed by atoms with van der Waals surface area (Å²) in [5.74, 6) is -3.07. The maximum absolute atomic E-state index is 13.3. The van der Waals surface area contributed by atoms with E-state index in [2.05, 4.69) is 20.5 Å². The summed E-state index contributed by atoms with van der Waals surface area (Å²) in [5.41, 5.74) is 1.10. The number of hydrogen-bond acceptors (Lipinski definition) is 3. The number of H-pyrrole nitrogens is 1. The Labute approximate surface area is 101 Å². The molecule has 5 nitrogen and oxygen atoms in total. The second-order valence-corrected chi connectivity index (χ2v) is 3.74. The number of aromatic nitrogens is 3. The van der Waals surface area contributed by atoms with Crippen LogP contribution >= 0.6 is 0 Å². The third-order valence-electron chi connectivity index (χ3n) is 2.58. The van der Waals surface area contributed by atoms with Gasteiger partial charge in [0.25, 0.3) is 5.91 Å². The van der Waals surface area contributed by atoms with Gasteiger partial charge in [0.1, 0.15) is 0 Å². The molecule has 2 heterocycles. The molecule has 0 spiro atoms. The fraction of sp³-hybridized carbons (Fsp3) is 0.182. The first kappa shape index (κ1) is 12.2.